The SMILES string of the molecule is CCOc1ccc(C2/C(=C(/O)c3ccc4c(c3)CC(C)O4)C(=O)C(=O)N2c2nc3ccc(OCC)cc3s2)cc1. The second-order valence-electron chi connectivity index (χ2n) is 9.69. The third kappa shape index (κ3) is 4.46. The molecule has 3 heterocycles. The molecular weight excluding hydrogens is 528 g/mol. The minimum atomic E-state index is -0.883. The van der Waals surface area contributed by atoms with Crippen molar-refractivity contribution in [1.82, 2.24) is 4.98 Å². The van der Waals surface area contributed by atoms with Gasteiger partial charge >= 0.3 is 5.91 Å². The van der Waals surface area contributed by atoms with Gasteiger partial charge in [-0.3, -0.25) is 14.5 Å². The number of ether oxygens (including phenoxy) is 3. The molecule has 2 atom stereocenters. The lowest BCUT2D eigenvalue weighted by molar-refractivity contribution is -0.132. The summed E-state index contributed by atoms with van der Waals surface area (Å²) < 4.78 is 17.8. The molecule has 1 fully saturated rings. The molecule has 3 aromatic carbocycles. The Labute approximate surface area is 235 Å². The Kier molecular flexibility index (Phi) is 6.67. The molecule has 0 aliphatic carbocycles. The van der Waals surface area contributed by atoms with Gasteiger partial charge in [-0.05, 0) is 80.4 Å². The summed E-state index contributed by atoms with van der Waals surface area (Å²) in [5.41, 5.74) is 2.74. The van der Waals surface area contributed by atoms with Crippen LogP contribution in [0.25, 0.3) is 16.0 Å². The summed E-state index contributed by atoms with van der Waals surface area (Å²) in [6, 6.07) is 17.2. The van der Waals surface area contributed by atoms with Crippen molar-refractivity contribution in [3.63, 3.8) is 0 Å². The van der Waals surface area contributed by atoms with Crippen molar-refractivity contribution in [2.75, 3.05) is 18.1 Å². The maximum absolute atomic E-state index is 13.6. The molecule has 0 radical (unpaired) electrons. The first-order valence-corrected chi connectivity index (χ1v) is 14.1. The van der Waals surface area contributed by atoms with Crippen LogP contribution in [0.4, 0.5) is 5.13 Å². The van der Waals surface area contributed by atoms with Crippen molar-refractivity contribution in [3.05, 3.63) is 82.9 Å². The Morgan fingerprint density at radius 2 is 1.75 bits per heavy atom. The fourth-order valence-electron chi connectivity index (χ4n) is 5.24. The highest BCUT2D eigenvalue weighted by molar-refractivity contribution is 7.22. The highest BCUT2D eigenvalue weighted by Gasteiger charge is 2.48. The van der Waals surface area contributed by atoms with Crippen LogP contribution >= 0.6 is 11.3 Å². The monoisotopic (exact) mass is 556 g/mol. The number of anilines is 1. The zero-order valence-corrected chi connectivity index (χ0v) is 23.2. The van der Waals surface area contributed by atoms with E-state index < -0.39 is 17.7 Å². The largest absolute Gasteiger partial charge is 0.507 e. The molecule has 2 aliphatic rings. The van der Waals surface area contributed by atoms with E-state index in [2.05, 4.69) is 0 Å². The number of amides is 1. The summed E-state index contributed by atoms with van der Waals surface area (Å²) in [5, 5.41) is 11.9. The maximum atomic E-state index is 13.6. The van der Waals surface area contributed by atoms with Crippen LogP contribution in [0.3, 0.4) is 0 Å². The van der Waals surface area contributed by atoms with Crippen LogP contribution < -0.4 is 19.1 Å². The average molecular weight is 557 g/mol. The van der Waals surface area contributed by atoms with E-state index in [4.69, 9.17) is 19.2 Å². The van der Waals surface area contributed by atoms with E-state index in [0.717, 1.165) is 16.0 Å². The molecule has 1 amide bonds. The molecule has 6 rings (SSSR count). The Hall–Kier alpha value is -4.37. The lowest BCUT2D eigenvalue weighted by Gasteiger charge is -2.23. The molecule has 8 nitrogen and oxygen atoms in total. The van der Waals surface area contributed by atoms with Crippen LogP contribution in [-0.2, 0) is 16.0 Å². The van der Waals surface area contributed by atoms with Crippen LogP contribution in [0.15, 0.2) is 66.2 Å². The van der Waals surface area contributed by atoms with Crippen molar-refractivity contribution in [1.29, 1.82) is 0 Å². The van der Waals surface area contributed by atoms with Crippen LogP contribution in [0, 0.1) is 0 Å². The minimum Gasteiger partial charge on any atom is -0.507 e. The Bertz CT molecular complexity index is 1660. The molecule has 1 aromatic heterocycles. The van der Waals surface area contributed by atoms with Crippen LogP contribution in [0.1, 0.15) is 43.5 Å². The number of Topliss-reactive ketones (excluding diaryl/α,β-unsaturated/α-hetero) is 1. The van der Waals surface area contributed by atoms with Gasteiger partial charge in [0.25, 0.3) is 5.78 Å². The maximum Gasteiger partial charge on any atom is 0.301 e. The average Bonchev–Trinajstić information content (AvgIpc) is 3.61. The highest BCUT2D eigenvalue weighted by Crippen LogP contribution is 2.45. The van der Waals surface area contributed by atoms with Gasteiger partial charge in [-0.2, -0.15) is 0 Å². The number of nitrogens with zero attached hydrogens (tertiary/aromatic N) is 2. The molecule has 0 saturated carbocycles. The van der Waals surface area contributed by atoms with Crippen LogP contribution in [-0.4, -0.2) is 41.1 Å². The molecule has 2 aliphatic heterocycles. The van der Waals surface area contributed by atoms with Gasteiger partial charge in [0.1, 0.15) is 29.1 Å². The predicted molar refractivity (Wildman–Crippen MR) is 153 cm³/mol. The molecule has 9 heteroatoms. The number of aromatic nitrogens is 1. The standard InChI is InChI=1S/C31H28N2O6S/c1-4-37-21-9-6-18(7-10-21)27-26(28(34)19-8-13-24-20(15-19)14-17(3)39-24)29(35)30(36)33(27)31-32-23-12-11-22(38-5-2)16-25(23)40-31/h6-13,15-17,27,34H,4-5,14H2,1-3H3/b28-26-. The summed E-state index contributed by atoms with van der Waals surface area (Å²) in [7, 11) is 0. The molecule has 2 unspecified atom stereocenters. The Morgan fingerprint density at radius 1 is 1.02 bits per heavy atom. The first-order valence-electron chi connectivity index (χ1n) is 13.2. The summed E-state index contributed by atoms with van der Waals surface area (Å²) in [4.78, 5) is 33.3. The zero-order chi connectivity index (χ0) is 28.0. The summed E-state index contributed by atoms with van der Waals surface area (Å²) in [6.45, 7) is 6.82. The van der Waals surface area contributed by atoms with Crippen molar-refractivity contribution < 1.29 is 28.9 Å². The van der Waals surface area contributed by atoms with E-state index in [1.54, 1.807) is 36.4 Å². The van der Waals surface area contributed by atoms with Crippen molar-refractivity contribution in [2.24, 2.45) is 0 Å². The first kappa shape index (κ1) is 25.9. The molecule has 1 N–H and O–H groups in total. The molecule has 0 bridgehead atoms. The van der Waals surface area contributed by atoms with Crippen LogP contribution in [0.5, 0.6) is 17.2 Å². The molecule has 0 spiro atoms. The number of ketones is 1. The molecular formula is C31H28N2O6S. The third-order valence-electron chi connectivity index (χ3n) is 6.99. The topological polar surface area (TPSA) is 98.2 Å². The fourth-order valence-corrected chi connectivity index (χ4v) is 6.26. The van der Waals surface area contributed by atoms with E-state index in [9.17, 15) is 14.7 Å². The van der Waals surface area contributed by atoms with Gasteiger partial charge < -0.3 is 19.3 Å². The number of fused-ring (bicyclic) bond motifs is 2. The molecule has 1 saturated heterocycles. The van der Waals surface area contributed by atoms with E-state index in [-0.39, 0.29) is 17.4 Å². The van der Waals surface area contributed by atoms with E-state index >= 15 is 0 Å². The van der Waals surface area contributed by atoms with Gasteiger partial charge in [-0.1, -0.05) is 23.5 Å². The van der Waals surface area contributed by atoms with Gasteiger partial charge in [-0.15, -0.1) is 0 Å². The van der Waals surface area contributed by atoms with E-state index in [1.165, 1.54) is 16.2 Å². The molecule has 204 valence electrons. The number of hydrogen-bond donors (Lipinski definition) is 1. The van der Waals surface area contributed by atoms with E-state index in [1.807, 2.05) is 45.0 Å². The number of aliphatic hydroxyl groups excluding tert-OH is 1. The quantitative estimate of drug-likeness (QED) is 0.168. The number of hydrogen-bond acceptors (Lipinski definition) is 8. The first-order chi connectivity index (χ1) is 19.4. The third-order valence-corrected chi connectivity index (χ3v) is 8.00. The number of thiazole rings is 1. The number of aliphatic hydroxyl groups is 1. The Balaban J connectivity index is 1.49. The summed E-state index contributed by atoms with van der Waals surface area (Å²) in [5.74, 6) is 0.373. The number of rotatable bonds is 7. The van der Waals surface area contributed by atoms with Gasteiger partial charge in [0, 0.05) is 12.0 Å². The zero-order valence-electron chi connectivity index (χ0n) is 22.3. The lowest BCUT2D eigenvalue weighted by atomic mass is 9.94. The summed E-state index contributed by atoms with van der Waals surface area (Å²) in [6.07, 6.45) is 0.729. The number of carbonyl (C=O) groups excluding carboxylic acids is 2. The van der Waals surface area contributed by atoms with Crippen LogP contribution in [0.2, 0.25) is 0 Å². The second-order valence-corrected chi connectivity index (χ2v) is 10.7. The molecule has 4 aromatic rings. The van der Waals surface area contributed by atoms with Gasteiger partial charge in [0.15, 0.2) is 5.13 Å². The fraction of sp³-hybridized carbons (Fsp3) is 0.258. The predicted octanol–water partition coefficient (Wildman–Crippen LogP) is 6.04. The van der Waals surface area contributed by atoms with E-state index in [0.29, 0.717) is 52.9 Å². The highest BCUT2D eigenvalue weighted by atomic mass is 32.1. The van der Waals surface area contributed by atoms with Crippen molar-refractivity contribution in [2.45, 2.75) is 39.3 Å². The van der Waals surface area contributed by atoms with Crippen molar-refractivity contribution in [3.8, 4) is 17.2 Å². The summed E-state index contributed by atoms with van der Waals surface area (Å²) >= 11 is 1.29. The Morgan fingerprint density at radius 3 is 2.50 bits per heavy atom. The lowest BCUT2D eigenvalue weighted by Crippen LogP contribution is -2.29. The number of carbonyl (C=O) groups is 2. The smallest absolute Gasteiger partial charge is 0.301 e. The minimum absolute atomic E-state index is 0.00957. The van der Waals surface area contributed by atoms with Gasteiger partial charge in [-0.25, -0.2) is 4.98 Å². The van der Waals surface area contributed by atoms with Crippen molar-refractivity contribution >= 4 is 44.1 Å². The second kappa shape index (κ2) is 10.3. The number of benzene rings is 3. The van der Waals surface area contributed by atoms with Gasteiger partial charge in [0.05, 0.1) is 35.0 Å². The van der Waals surface area contributed by atoms with Gasteiger partial charge in [0.2, 0.25) is 0 Å². The molecule has 40 heavy (non-hydrogen) atoms. The normalized spacial score (nSPS) is 19.6.